The number of nitrogens with zero attached hydrogens (tertiary/aromatic N) is 1. The van der Waals surface area contributed by atoms with Crippen molar-refractivity contribution in [3.63, 3.8) is 0 Å². The number of halogens is 1. The Kier molecular flexibility index (Phi) is 7.50. The van der Waals surface area contributed by atoms with Gasteiger partial charge < -0.3 is 10.0 Å². The number of carbonyl (C=O) groups is 2. The average molecular weight is 233 g/mol. The van der Waals surface area contributed by atoms with Gasteiger partial charge in [-0.3, -0.25) is 9.59 Å². The number of rotatable bonds is 8. The van der Waals surface area contributed by atoms with Gasteiger partial charge in [0.15, 0.2) is 0 Å². The van der Waals surface area contributed by atoms with E-state index in [-0.39, 0.29) is 25.3 Å². The lowest BCUT2D eigenvalue weighted by Gasteiger charge is -2.18. The zero-order chi connectivity index (χ0) is 12.6. The molecule has 0 saturated carbocycles. The Hall–Kier alpha value is -1.13. The van der Waals surface area contributed by atoms with Crippen LogP contribution in [0.3, 0.4) is 0 Å². The van der Waals surface area contributed by atoms with E-state index < -0.39 is 12.1 Å². The highest BCUT2D eigenvalue weighted by molar-refractivity contribution is 5.81. The number of aliphatic carboxylic acids is 1. The van der Waals surface area contributed by atoms with E-state index in [0.717, 1.165) is 6.42 Å². The largest absolute Gasteiger partial charge is 0.480 e. The van der Waals surface area contributed by atoms with Crippen LogP contribution in [0.4, 0.5) is 4.39 Å². The Morgan fingerprint density at radius 2 is 1.94 bits per heavy atom. The molecule has 1 N–H and O–H groups in total. The van der Waals surface area contributed by atoms with Crippen LogP contribution in [0, 0.1) is 0 Å². The molecule has 0 aromatic rings. The molecular formula is C11H20FNO3. The molecule has 0 aliphatic carbocycles. The van der Waals surface area contributed by atoms with E-state index in [1.807, 2.05) is 6.92 Å². The van der Waals surface area contributed by atoms with E-state index >= 15 is 0 Å². The molecule has 0 aliphatic heterocycles. The lowest BCUT2D eigenvalue weighted by atomic mass is 10.1. The fourth-order valence-corrected chi connectivity index (χ4v) is 1.44. The molecule has 16 heavy (non-hydrogen) atoms. The van der Waals surface area contributed by atoms with Crippen molar-refractivity contribution in [1.29, 1.82) is 0 Å². The summed E-state index contributed by atoms with van der Waals surface area (Å²) in [5, 5.41) is 8.56. The van der Waals surface area contributed by atoms with Crippen molar-refractivity contribution in [1.82, 2.24) is 4.90 Å². The number of carboxylic acids is 1. The van der Waals surface area contributed by atoms with Gasteiger partial charge in [-0.15, -0.1) is 0 Å². The molecule has 0 aliphatic rings. The van der Waals surface area contributed by atoms with Crippen molar-refractivity contribution in [3.05, 3.63) is 0 Å². The van der Waals surface area contributed by atoms with Crippen LogP contribution >= 0.6 is 0 Å². The molecule has 94 valence electrons. The van der Waals surface area contributed by atoms with E-state index in [0.29, 0.717) is 13.0 Å². The number of alkyl halides is 1. The van der Waals surface area contributed by atoms with Gasteiger partial charge in [0.1, 0.15) is 12.7 Å². The molecule has 5 heteroatoms. The fourth-order valence-electron chi connectivity index (χ4n) is 1.44. The molecule has 0 aromatic heterocycles. The summed E-state index contributed by atoms with van der Waals surface area (Å²) in [6.45, 7) is 3.63. The smallest absolute Gasteiger partial charge is 0.323 e. The van der Waals surface area contributed by atoms with Gasteiger partial charge in [-0.2, -0.15) is 0 Å². The van der Waals surface area contributed by atoms with Crippen LogP contribution in [-0.2, 0) is 9.59 Å². The van der Waals surface area contributed by atoms with Gasteiger partial charge in [-0.25, -0.2) is 4.39 Å². The third-order valence-electron chi connectivity index (χ3n) is 2.33. The molecule has 1 unspecified atom stereocenters. The number of likely N-dealkylation sites (N-methyl/N-ethyl adjacent to an activating group) is 1. The van der Waals surface area contributed by atoms with Gasteiger partial charge in [0.25, 0.3) is 0 Å². The molecule has 0 bridgehead atoms. The van der Waals surface area contributed by atoms with Crippen molar-refractivity contribution < 1.29 is 19.1 Å². The van der Waals surface area contributed by atoms with E-state index in [4.69, 9.17) is 5.11 Å². The van der Waals surface area contributed by atoms with Crippen LogP contribution in [0.25, 0.3) is 0 Å². The number of carbonyl (C=O) groups excluding carboxylic acids is 1. The molecule has 1 atom stereocenters. The third kappa shape index (κ3) is 6.37. The standard InChI is InChI=1S/C11H20FNO3/c1-3-5-9(12)6-7-10(14)13(4-2)8-11(15)16/h9H,3-8H2,1-2H3,(H,15,16). The van der Waals surface area contributed by atoms with Crippen LogP contribution in [-0.4, -0.2) is 41.1 Å². The summed E-state index contributed by atoms with van der Waals surface area (Å²) in [5.41, 5.74) is 0. The average Bonchev–Trinajstić information content (AvgIpc) is 2.22. The van der Waals surface area contributed by atoms with Crippen molar-refractivity contribution in [3.8, 4) is 0 Å². The highest BCUT2D eigenvalue weighted by atomic mass is 19.1. The Bertz CT molecular complexity index is 233. The van der Waals surface area contributed by atoms with Crippen LogP contribution in [0.15, 0.2) is 0 Å². The van der Waals surface area contributed by atoms with Crippen LogP contribution in [0.2, 0.25) is 0 Å². The topological polar surface area (TPSA) is 57.6 Å². The Balaban J connectivity index is 3.97. The summed E-state index contributed by atoms with van der Waals surface area (Å²) < 4.78 is 13.1. The lowest BCUT2D eigenvalue weighted by Crippen LogP contribution is -2.35. The zero-order valence-electron chi connectivity index (χ0n) is 9.91. The SMILES string of the molecule is CCCC(F)CCC(=O)N(CC)CC(=O)O. The number of carboxylic acid groups (broad SMARTS) is 1. The van der Waals surface area contributed by atoms with E-state index in [1.165, 1.54) is 4.90 Å². The summed E-state index contributed by atoms with van der Waals surface area (Å²) >= 11 is 0. The van der Waals surface area contributed by atoms with Crippen molar-refractivity contribution >= 4 is 11.9 Å². The number of hydrogen-bond acceptors (Lipinski definition) is 2. The second-order valence-electron chi connectivity index (χ2n) is 3.73. The van der Waals surface area contributed by atoms with Crippen molar-refractivity contribution in [2.75, 3.05) is 13.1 Å². The fraction of sp³-hybridized carbons (Fsp3) is 0.818. The summed E-state index contributed by atoms with van der Waals surface area (Å²) in [4.78, 5) is 23.2. The molecule has 1 amide bonds. The van der Waals surface area contributed by atoms with Crippen LogP contribution in [0.5, 0.6) is 0 Å². The first-order valence-electron chi connectivity index (χ1n) is 5.64. The molecule has 0 rings (SSSR count). The molecule has 0 radical (unpaired) electrons. The van der Waals surface area contributed by atoms with Gasteiger partial charge >= 0.3 is 5.97 Å². The molecular weight excluding hydrogens is 213 g/mol. The van der Waals surface area contributed by atoms with Gasteiger partial charge in [0, 0.05) is 13.0 Å². The predicted molar refractivity (Wildman–Crippen MR) is 58.9 cm³/mol. The highest BCUT2D eigenvalue weighted by Crippen LogP contribution is 2.10. The van der Waals surface area contributed by atoms with Gasteiger partial charge in [-0.1, -0.05) is 13.3 Å². The first-order valence-corrected chi connectivity index (χ1v) is 5.64. The quantitative estimate of drug-likeness (QED) is 0.696. The minimum atomic E-state index is -1.04. The maximum absolute atomic E-state index is 13.1. The Morgan fingerprint density at radius 1 is 1.31 bits per heavy atom. The van der Waals surface area contributed by atoms with Gasteiger partial charge in [0.2, 0.25) is 5.91 Å². The molecule has 0 spiro atoms. The number of amides is 1. The summed E-state index contributed by atoms with van der Waals surface area (Å²) in [6.07, 6.45) is 0.517. The summed E-state index contributed by atoms with van der Waals surface area (Å²) in [6, 6.07) is 0. The number of hydrogen-bond donors (Lipinski definition) is 1. The first-order chi connectivity index (χ1) is 7.51. The molecule has 0 saturated heterocycles. The van der Waals surface area contributed by atoms with Crippen molar-refractivity contribution in [2.45, 2.75) is 45.7 Å². The van der Waals surface area contributed by atoms with Crippen LogP contribution in [0.1, 0.15) is 39.5 Å². The van der Waals surface area contributed by atoms with Crippen molar-refractivity contribution in [2.24, 2.45) is 0 Å². The molecule has 0 aromatic carbocycles. The van der Waals surface area contributed by atoms with Crippen LogP contribution < -0.4 is 0 Å². The maximum Gasteiger partial charge on any atom is 0.323 e. The first kappa shape index (κ1) is 14.9. The maximum atomic E-state index is 13.1. The second kappa shape index (κ2) is 8.07. The Labute approximate surface area is 95.4 Å². The second-order valence-corrected chi connectivity index (χ2v) is 3.73. The minimum Gasteiger partial charge on any atom is -0.480 e. The summed E-state index contributed by atoms with van der Waals surface area (Å²) in [7, 11) is 0. The van der Waals surface area contributed by atoms with E-state index in [1.54, 1.807) is 6.92 Å². The zero-order valence-corrected chi connectivity index (χ0v) is 9.91. The third-order valence-corrected chi connectivity index (χ3v) is 2.33. The molecule has 0 heterocycles. The lowest BCUT2D eigenvalue weighted by molar-refractivity contribution is -0.144. The Morgan fingerprint density at radius 3 is 2.38 bits per heavy atom. The predicted octanol–water partition coefficient (Wildman–Crippen LogP) is 1.84. The van der Waals surface area contributed by atoms with E-state index in [2.05, 4.69) is 0 Å². The van der Waals surface area contributed by atoms with Gasteiger partial charge in [0.05, 0.1) is 0 Å². The molecule has 0 fully saturated rings. The molecule has 4 nitrogen and oxygen atoms in total. The van der Waals surface area contributed by atoms with E-state index in [9.17, 15) is 14.0 Å². The summed E-state index contributed by atoms with van der Waals surface area (Å²) in [5.74, 6) is -1.33. The monoisotopic (exact) mass is 233 g/mol. The highest BCUT2D eigenvalue weighted by Gasteiger charge is 2.16. The van der Waals surface area contributed by atoms with Gasteiger partial charge in [-0.05, 0) is 19.8 Å². The normalized spacial score (nSPS) is 12.2. The minimum absolute atomic E-state index is 0.0856.